The zero-order valence-corrected chi connectivity index (χ0v) is 14.6. The van der Waals surface area contributed by atoms with Gasteiger partial charge in [-0.15, -0.1) is 0 Å². The zero-order chi connectivity index (χ0) is 17.8. The Morgan fingerprint density at radius 1 is 1.35 bits per heavy atom. The van der Waals surface area contributed by atoms with Gasteiger partial charge in [-0.1, -0.05) is 18.5 Å². The summed E-state index contributed by atoms with van der Waals surface area (Å²) in [7, 11) is -4.07. The Kier molecular flexibility index (Phi) is 6.15. The van der Waals surface area contributed by atoms with Gasteiger partial charge in [0.1, 0.15) is 4.90 Å². The lowest BCUT2D eigenvalue weighted by molar-refractivity contribution is -0.125. The molecule has 3 N–H and O–H groups in total. The highest BCUT2D eigenvalue weighted by Gasteiger charge is 2.20. The molecule has 0 spiro atoms. The molecule has 9 heteroatoms. The number of esters is 1. The first-order valence-electron chi connectivity index (χ1n) is 6.77. The van der Waals surface area contributed by atoms with Crippen LogP contribution in [0, 0.1) is 0 Å². The molecule has 7 nitrogen and oxygen atoms in total. The number of hydrogen-bond acceptors (Lipinski definition) is 5. The molecule has 128 valence electrons. The van der Waals surface area contributed by atoms with Gasteiger partial charge in [0.15, 0.2) is 6.61 Å². The molecule has 0 unspecified atom stereocenters. The number of halogens is 1. The van der Waals surface area contributed by atoms with Crippen LogP contribution in [0.5, 0.6) is 0 Å². The third-order valence-corrected chi connectivity index (χ3v) is 4.56. The van der Waals surface area contributed by atoms with Crippen molar-refractivity contribution in [2.75, 3.05) is 6.61 Å². The van der Waals surface area contributed by atoms with Crippen LogP contribution in [0.25, 0.3) is 0 Å². The summed E-state index contributed by atoms with van der Waals surface area (Å²) in [5.74, 6) is -1.30. The first-order chi connectivity index (χ1) is 10.5. The van der Waals surface area contributed by atoms with Crippen molar-refractivity contribution in [3.63, 3.8) is 0 Å². The number of nitrogens with one attached hydrogen (secondary N) is 1. The number of benzene rings is 1. The topological polar surface area (TPSA) is 116 Å². The van der Waals surface area contributed by atoms with Crippen LogP contribution in [-0.4, -0.2) is 32.4 Å². The van der Waals surface area contributed by atoms with Crippen molar-refractivity contribution in [2.24, 2.45) is 5.14 Å². The largest absolute Gasteiger partial charge is 0.452 e. The van der Waals surface area contributed by atoms with Crippen LogP contribution in [0.2, 0.25) is 5.02 Å². The third-order valence-electron chi connectivity index (χ3n) is 3.17. The SMILES string of the molecule is CCC(C)(C)NC(=O)COC(=O)c1ccc(Cl)c(S(N)(=O)=O)c1. The Hall–Kier alpha value is -1.64. The fourth-order valence-electron chi connectivity index (χ4n) is 1.56. The van der Waals surface area contributed by atoms with E-state index in [0.29, 0.717) is 6.42 Å². The van der Waals surface area contributed by atoms with Gasteiger partial charge in [0.2, 0.25) is 10.0 Å². The molecule has 1 aromatic rings. The second kappa shape index (κ2) is 7.29. The van der Waals surface area contributed by atoms with Gasteiger partial charge in [0.25, 0.3) is 5.91 Å². The number of ether oxygens (including phenoxy) is 1. The molecule has 1 aromatic carbocycles. The maximum Gasteiger partial charge on any atom is 0.338 e. The second-order valence-corrected chi connectivity index (χ2v) is 7.49. The van der Waals surface area contributed by atoms with Crippen LogP contribution in [0.1, 0.15) is 37.6 Å². The quantitative estimate of drug-likeness (QED) is 0.743. The number of sulfonamides is 1. The van der Waals surface area contributed by atoms with E-state index in [2.05, 4.69) is 5.32 Å². The summed E-state index contributed by atoms with van der Waals surface area (Å²) in [5, 5.41) is 7.60. The van der Waals surface area contributed by atoms with Crippen molar-refractivity contribution < 1.29 is 22.7 Å². The van der Waals surface area contributed by atoms with Crippen LogP contribution in [0.15, 0.2) is 23.1 Å². The van der Waals surface area contributed by atoms with E-state index in [4.69, 9.17) is 21.5 Å². The van der Waals surface area contributed by atoms with Gasteiger partial charge < -0.3 is 10.1 Å². The highest BCUT2D eigenvalue weighted by atomic mass is 35.5. The van der Waals surface area contributed by atoms with Gasteiger partial charge in [-0.2, -0.15) is 0 Å². The molecular formula is C14H19ClN2O5S. The van der Waals surface area contributed by atoms with Crippen molar-refractivity contribution in [1.29, 1.82) is 0 Å². The Labute approximate surface area is 140 Å². The lowest BCUT2D eigenvalue weighted by Crippen LogP contribution is -2.44. The van der Waals surface area contributed by atoms with Crippen molar-refractivity contribution in [1.82, 2.24) is 5.32 Å². The minimum Gasteiger partial charge on any atom is -0.452 e. The van der Waals surface area contributed by atoms with Crippen molar-refractivity contribution in [2.45, 2.75) is 37.6 Å². The van der Waals surface area contributed by atoms with E-state index in [9.17, 15) is 18.0 Å². The van der Waals surface area contributed by atoms with Crippen molar-refractivity contribution in [3.05, 3.63) is 28.8 Å². The molecular weight excluding hydrogens is 344 g/mol. The molecule has 0 saturated heterocycles. The zero-order valence-electron chi connectivity index (χ0n) is 13.1. The van der Waals surface area contributed by atoms with Gasteiger partial charge in [-0.25, -0.2) is 18.4 Å². The standard InChI is InChI=1S/C14H19ClN2O5S/c1-4-14(2,3)17-12(18)8-22-13(19)9-5-6-10(15)11(7-9)23(16,20)21/h5-7H,4,8H2,1-3H3,(H,17,18)(H2,16,20,21). The molecule has 23 heavy (non-hydrogen) atoms. The number of hydrogen-bond donors (Lipinski definition) is 2. The number of rotatable bonds is 6. The molecule has 1 rings (SSSR count). The average molecular weight is 363 g/mol. The summed E-state index contributed by atoms with van der Waals surface area (Å²) in [6.45, 7) is 5.11. The molecule has 0 heterocycles. The van der Waals surface area contributed by atoms with E-state index >= 15 is 0 Å². The predicted octanol–water partition coefficient (Wildman–Crippen LogP) is 1.45. The number of nitrogens with two attached hydrogens (primary N) is 1. The number of carbonyl (C=O) groups excluding carboxylic acids is 2. The monoisotopic (exact) mass is 362 g/mol. The predicted molar refractivity (Wildman–Crippen MR) is 85.6 cm³/mol. The molecule has 0 saturated carbocycles. The molecule has 0 aromatic heterocycles. The van der Waals surface area contributed by atoms with Gasteiger partial charge in [-0.05, 0) is 38.5 Å². The molecule has 0 bridgehead atoms. The van der Waals surface area contributed by atoms with Crippen LogP contribution in [0.3, 0.4) is 0 Å². The fourth-order valence-corrected chi connectivity index (χ4v) is 2.64. The highest BCUT2D eigenvalue weighted by molar-refractivity contribution is 7.89. The van der Waals surface area contributed by atoms with Gasteiger partial charge in [0, 0.05) is 5.54 Å². The fraction of sp³-hybridized carbons (Fsp3) is 0.429. The van der Waals surface area contributed by atoms with Crippen molar-refractivity contribution >= 4 is 33.5 Å². The van der Waals surface area contributed by atoms with E-state index in [1.165, 1.54) is 12.1 Å². The Bertz CT molecular complexity index is 716. The lowest BCUT2D eigenvalue weighted by atomic mass is 10.0. The molecule has 0 fully saturated rings. The second-order valence-electron chi connectivity index (χ2n) is 5.55. The normalized spacial score (nSPS) is 11.9. The van der Waals surface area contributed by atoms with E-state index in [1.807, 2.05) is 20.8 Å². The summed E-state index contributed by atoms with van der Waals surface area (Å²) in [4.78, 5) is 23.2. The minimum atomic E-state index is -4.07. The first kappa shape index (κ1) is 19.4. The Morgan fingerprint density at radius 3 is 2.48 bits per heavy atom. The van der Waals surface area contributed by atoms with Crippen LogP contribution in [0.4, 0.5) is 0 Å². The van der Waals surface area contributed by atoms with E-state index in [-0.39, 0.29) is 15.5 Å². The Balaban J connectivity index is 2.79. The number of carbonyl (C=O) groups is 2. The van der Waals surface area contributed by atoms with E-state index < -0.39 is 34.0 Å². The maximum atomic E-state index is 11.9. The van der Waals surface area contributed by atoms with Crippen LogP contribution >= 0.6 is 11.6 Å². The van der Waals surface area contributed by atoms with Gasteiger partial charge in [-0.3, -0.25) is 4.79 Å². The van der Waals surface area contributed by atoms with Gasteiger partial charge in [0.05, 0.1) is 10.6 Å². The smallest absolute Gasteiger partial charge is 0.338 e. The summed E-state index contributed by atoms with van der Waals surface area (Å²) < 4.78 is 27.6. The molecule has 0 aliphatic carbocycles. The lowest BCUT2D eigenvalue weighted by Gasteiger charge is -2.24. The van der Waals surface area contributed by atoms with Crippen LogP contribution < -0.4 is 10.5 Å². The molecule has 1 amide bonds. The van der Waals surface area contributed by atoms with Crippen LogP contribution in [-0.2, 0) is 19.6 Å². The highest BCUT2D eigenvalue weighted by Crippen LogP contribution is 2.21. The number of amides is 1. The molecule has 0 aliphatic rings. The number of primary sulfonamides is 1. The van der Waals surface area contributed by atoms with E-state index in [1.54, 1.807) is 0 Å². The summed E-state index contributed by atoms with van der Waals surface area (Å²) in [6.07, 6.45) is 0.710. The first-order valence-corrected chi connectivity index (χ1v) is 8.69. The summed E-state index contributed by atoms with van der Waals surface area (Å²) >= 11 is 5.73. The molecule has 0 atom stereocenters. The maximum absolute atomic E-state index is 11.9. The van der Waals surface area contributed by atoms with Crippen molar-refractivity contribution in [3.8, 4) is 0 Å². The van der Waals surface area contributed by atoms with Gasteiger partial charge >= 0.3 is 5.97 Å². The third kappa shape index (κ3) is 5.81. The Morgan fingerprint density at radius 2 is 1.96 bits per heavy atom. The molecule has 0 aliphatic heterocycles. The summed E-state index contributed by atoms with van der Waals surface area (Å²) in [5.41, 5.74) is -0.481. The van der Waals surface area contributed by atoms with E-state index in [0.717, 1.165) is 6.07 Å². The average Bonchev–Trinajstić information content (AvgIpc) is 2.43. The summed E-state index contributed by atoms with van der Waals surface area (Å²) in [6, 6.07) is 3.51. The molecule has 0 radical (unpaired) electrons. The minimum absolute atomic E-state index is 0.0685.